The summed E-state index contributed by atoms with van der Waals surface area (Å²) in [5, 5.41) is 0. The van der Waals surface area contributed by atoms with Gasteiger partial charge < -0.3 is 10.6 Å². The summed E-state index contributed by atoms with van der Waals surface area (Å²) < 4.78 is 13.2. The van der Waals surface area contributed by atoms with E-state index in [1.807, 2.05) is 12.1 Å². The number of nitrogens with two attached hydrogens (primary N) is 1. The van der Waals surface area contributed by atoms with Gasteiger partial charge in [-0.05, 0) is 55.9 Å². The van der Waals surface area contributed by atoms with E-state index in [4.69, 9.17) is 5.73 Å². The van der Waals surface area contributed by atoms with Gasteiger partial charge >= 0.3 is 0 Å². The number of anilines is 1. The smallest absolute Gasteiger partial charge is 0.123 e. The fraction of sp³-hybridized carbons (Fsp3) is 0.667. The number of rotatable bonds is 5. The maximum absolute atomic E-state index is 13.2. The molecule has 1 aromatic rings. The van der Waals surface area contributed by atoms with Crippen LogP contribution in [-0.2, 0) is 0 Å². The highest BCUT2D eigenvalue weighted by Gasteiger charge is 2.45. The Bertz CT molecular complexity index is 443. The molecule has 1 fully saturated rings. The molecule has 2 rings (SSSR count). The Hall–Kier alpha value is -1.09. The van der Waals surface area contributed by atoms with E-state index < -0.39 is 0 Å². The predicted octanol–water partition coefficient (Wildman–Crippen LogP) is 4.20. The normalized spacial score (nSPS) is 26.1. The first kappa shape index (κ1) is 16.3. The van der Waals surface area contributed by atoms with Crippen molar-refractivity contribution >= 4 is 5.69 Å². The van der Waals surface area contributed by atoms with Gasteiger partial charge in [-0.25, -0.2) is 4.39 Å². The van der Waals surface area contributed by atoms with Gasteiger partial charge in [0.25, 0.3) is 0 Å². The lowest BCUT2D eigenvalue weighted by Gasteiger charge is -2.53. The van der Waals surface area contributed by atoms with Crippen molar-refractivity contribution in [1.82, 2.24) is 0 Å². The van der Waals surface area contributed by atoms with Gasteiger partial charge in [-0.1, -0.05) is 26.7 Å². The first-order valence-electron chi connectivity index (χ1n) is 8.28. The Morgan fingerprint density at radius 3 is 2.48 bits per heavy atom. The average Bonchev–Trinajstić information content (AvgIpc) is 2.50. The van der Waals surface area contributed by atoms with Gasteiger partial charge in [0, 0.05) is 18.8 Å². The summed E-state index contributed by atoms with van der Waals surface area (Å²) in [5.41, 5.74) is 7.40. The minimum atomic E-state index is -0.180. The van der Waals surface area contributed by atoms with Gasteiger partial charge in [0.15, 0.2) is 0 Å². The molecule has 2 N–H and O–H groups in total. The molecule has 2 unspecified atom stereocenters. The van der Waals surface area contributed by atoms with E-state index in [1.54, 1.807) is 12.1 Å². The second-order valence-corrected chi connectivity index (χ2v) is 6.62. The van der Waals surface area contributed by atoms with E-state index in [0.717, 1.165) is 18.7 Å². The molecule has 0 aliphatic heterocycles. The minimum absolute atomic E-state index is 0.0129. The molecule has 0 spiro atoms. The Balaban J connectivity index is 2.41. The fourth-order valence-electron chi connectivity index (χ4n) is 4.28. The number of likely N-dealkylation sites (N-methyl/N-ethyl adjacent to an activating group) is 1. The van der Waals surface area contributed by atoms with Gasteiger partial charge in [0.05, 0.1) is 5.54 Å². The number of halogens is 1. The third-order valence-electron chi connectivity index (χ3n) is 5.22. The molecule has 1 aliphatic rings. The zero-order valence-corrected chi connectivity index (χ0v) is 13.6. The van der Waals surface area contributed by atoms with Crippen molar-refractivity contribution in [2.75, 3.05) is 18.0 Å². The van der Waals surface area contributed by atoms with Crippen molar-refractivity contribution in [2.45, 2.75) is 52.0 Å². The van der Waals surface area contributed by atoms with Gasteiger partial charge in [0.1, 0.15) is 5.82 Å². The summed E-state index contributed by atoms with van der Waals surface area (Å²) in [6.45, 7) is 8.36. The van der Waals surface area contributed by atoms with Crippen LogP contribution in [-0.4, -0.2) is 18.6 Å². The quantitative estimate of drug-likeness (QED) is 0.881. The van der Waals surface area contributed by atoms with Crippen molar-refractivity contribution in [3.8, 4) is 0 Å². The summed E-state index contributed by atoms with van der Waals surface area (Å²) in [6.07, 6.45) is 4.91. The van der Waals surface area contributed by atoms with Crippen molar-refractivity contribution in [3.63, 3.8) is 0 Å². The maximum Gasteiger partial charge on any atom is 0.123 e. The first-order chi connectivity index (χ1) is 10.0. The molecule has 2 atom stereocenters. The van der Waals surface area contributed by atoms with Gasteiger partial charge in [0.2, 0.25) is 0 Å². The van der Waals surface area contributed by atoms with Crippen LogP contribution < -0.4 is 10.6 Å². The monoisotopic (exact) mass is 292 g/mol. The third kappa shape index (κ3) is 3.08. The summed E-state index contributed by atoms with van der Waals surface area (Å²) >= 11 is 0. The topological polar surface area (TPSA) is 29.3 Å². The first-order valence-corrected chi connectivity index (χ1v) is 8.28. The van der Waals surface area contributed by atoms with E-state index >= 15 is 0 Å². The van der Waals surface area contributed by atoms with Crippen LogP contribution in [0.2, 0.25) is 0 Å². The molecular weight excluding hydrogens is 263 g/mol. The van der Waals surface area contributed by atoms with E-state index in [-0.39, 0.29) is 11.4 Å². The zero-order valence-electron chi connectivity index (χ0n) is 13.6. The summed E-state index contributed by atoms with van der Waals surface area (Å²) in [4.78, 5) is 2.43. The number of hydrogen-bond acceptors (Lipinski definition) is 2. The minimum Gasteiger partial charge on any atom is -0.365 e. The Morgan fingerprint density at radius 2 is 1.95 bits per heavy atom. The van der Waals surface area contributed by atoms with Crippen LogP contribution in [0.3, 0.4) is 0 Å². The fourth-order valence-corrected chi connectivity index (χ4v) is 4.28. The van der Waals surface area contributed by atoms with Crippen LogP contribution >= 0.6 is 0 Å². The second-order valence-electron chi connectivity index (χ2n) is 6.62. The molecule has 1 aliphatic carbocycles. The molecule has 0 saturated heterocycles. The van der Waals surface area contributed by atoms with E-state index in [9.17, 15) is 4.39 Å². The van der Waals surface area contributed by atoms with Gasteiger partial charge in [-0.3, -0.25) is 0 Å². The summed E-state index contributed by atoms with van der Waals surface area (Å²) in [6, 6.07) is 6.88. The zero-order chi connectivity index (χ0) is 15.5. The van der Waals surface area contributed by atoms with Crippen LogP contribution in [0.4, 0.5) is 10.1 Å². The largest absolute Gasteiger partial charge is 0.365 e. The number of hydrogen-bond donors (Lipinski definition) is 1. The lowest BCUT2D eigenvalue weighted by molar-refractivity contribution is 0.137. The second kappa shape index (κ2) is 6.78. The van der Waals surface area contributed by atoms with Crippen molar-refractivity contribution in [3.05, 3.63) is 30.1 Å². The van der Waals surface area contributed by atoms with Gasteiger partial charge in [-0.2, -0.15) is 0 Å². The SMILES string of the molecule is CCN(c1ccc(F)cc1)C1(CN)CCCCC1C(C)C. The lowest BCUT2D eigenvalue weighted by Crippen LogP contribution is -2.61. The summed E-state index contributed by atoms with van der Waals surface area (Å²) in [5.74, 6) is 1.03. The molecule has 0 radical (unpaired) electrons. The number of benzene rings is 1. The molecule has 21 heavy (non-hydrogen) atoms. The highest BCUT2D eigenvalue weighted by atomic mass is 19.1. The molecule has 0 heterocycles. The van der Waals surface area contributed by atoms with Crippen LogP contribution in [0.1, 0.15) is 46.5 Å². The number of nitrogens with zero attached hydrogens (tertiary/aromatic N) is 1. The summed E-state index contributed by atoms with van der Waals surface area (Å²) in [7, 11) is 0. The predicted molar refractivity (Wildman–Crippen MR) is 88.0 cm³/mol. The third-order valence-corrected chi connectivity index (χ3v) is 5.22. The van der Waals surface area contributed by atoms with Gasteiger partial charge in [-0.15, -0.1) is 0 Å². The van der Waals surface area contributed by atoms with E-state index in [1.165, 1.54) is 19.3 Å². The van der Waals surface area contributed by atoms with Crippen molar-refractivity contribution in [2.24, 2.45) is 17.6 Å². The highest BCUT2D eigenvalue weighted by Crippen LogP contribution is 2.43. The molecule has 0 aromatic heterocycles. The lowest BCUT2D eigenvalue weighted by atomic mass is 9.66. The molecular formula is C18H29FN2. The highest BCUT2D eigenvalue weighted by molar-refractivity contribution is 5.50. The van der Waals surface area contributed by atoms with E-state index in [0.29, 0.717) is 18.4 Å². The Kier molecular flexibility index (Phi) is 5.26. The molecule has 3 heteroatoms. The Morgan fingerprint density at radius 1 is 1.29 bits per heavy atom. The molecule has 2 nitrogen and oxygen atoms in total. The van der Waals surface area contributed by atoms with Crippen molar-refractivity contribution in [1.29, 1.82) is 0 Å². The van der Waals surface area contributed by atoms with Crippen molar-refractivity contribution < 1.29 is 4.39 Å². The van der Waals surface area contributed by atoms with Crippen LogP contribution in [0.5, 0.6) is 0 Å². The van der Waals surface area contributed by atoms with Crippen LogP contribution in [0.25, 0.3) is 0 Å². The molecule has 0 bridgehead atoms. The average molecular weight is 292 g/mol. The Labute approximate surface area is 128 Å². The standard InChI is InChI=1S/C18H29FN2/c1-4-21(16-10-8-15(19)9-11-16)18(13-20)12-6-5-7-17(18)14(2)3/h8-11,14,17H,4-7,12-13,20H2,1-3H3. The van der Waals surface area contributed by atoms with Crippen LogP contribution in [0, 0.1) is 17.7 Å². The molecule has 1 aromatic carbocycles. The van der Waals surface area contributed by atoms with E-state index in [2.05, 4.69) is 25.7 Å². The van der Waals surface area contributed by atoms with Crippen LogP contribution in [0.15, 0.2) is 24.3 Å². The molecule has 118 valence electrons. The maximum atomic E-state index is 13.2. The molecule has 0 amide bonds. The molecule has 1 saturated carbocycles.